The molecule has 2 aromatic rings. The van der Waals surface area contributed by atoms with E-state index in [2.05, 4.69) is 20.8 Å². The van der Waals surface area contributed by atoms with Crippen molar-refractivity contribution in [3.8, 4) is 0 Å². The smallest absolute Gasteiger partial charge is 0.340 e. The minimum Gasteiger partial charge on any atom is -0.340 e. The van der Waals surface area contributed by atoms with E-state index in [0.29, 0.717) is 19.5 Å². The van der Waals surface area contributed by atoms with E-state index in [4.69, 9.17) is 0 Å². The molecule has 14 heteroatoms. The molecule has 0 bridgehead atoms. The number of nitrogens with one attached hydrogen (secondary N) is 2. The Kier molecular flexibility index (Phi) is 6.57. The maximum Gasteiger partial charge on any atom is 0.419 e. The molecule has 1 aromatic carbocycles. The van der Waals surface area contributed by atoms with Crippen LogP contribution in [-0.2, 0) is 23.9 Å². The molecule has 0 spiro atoms. The van der Waals surface area contributed by atoms with Crippen LogP contribution in [0.2, 0.25) is 0 Å². The first kappa shape index (κ1) is 25.7. The molecule has 2 N–H and O–H groups in total. The third-order valence-electron chi connectivity index (χ3n) is 6.73. The zero-order valence-corrected chi connectivity index (χ0v) is 19.9. The van der Waals surface area contributed by atoms with Crippen molar-refractivity contribution in [1.82, 2.24) is 30.6 Å². The molecule has 0 aliphatic carbocycles. The van der Waals surface area contributed by atoms with Gasteiger partial charge in [-0.3, -0.25) is 10.2 Å². The Morgan fingerprint density at radius 1 is 0.921 bits per heavy atom. The summed E-state index contributed by atoms with van der Waals surface area (Å²) in [6, 6.07) is 6.71. The molecular formula is C24H23F6N7O. The summed E-state index contributed by atoms with van der Waals surface area (Å²) in [6.45, 7) is 1.34. The number of nitrogens with zero attached hydrogens (tertiary/aromatic N) is 5. The molecular weight excluding hydrogens is 516 g/mol. The van der Waals surface area contributed by atoms with Crippen LogP contribution in [-0.4, -0.2) is 64.1 Å². The van der Waals surface area contributed by atoms with E-state index >= 15 is 0 Å². The highest BCUT2D eigenvalue weighted by molar-refractivity contribution is 5.83. The van der Waals surface area contributed by atoms with E-state index in [-0.39, 0.29) is 37.3 Å². The maximum atomic E-state index is 13.7. The van der Waals surface area contributed by atoms with Gasteiger partial charge in [0.1, 0.15) is 11.9 Å². The number of alkyl halides is 6. The molecule has 5 rings (SSSR count). The van der Waals surface area contributed by atoms with E-state index in [0.717, 1.165) is 35.8 Å². The highest BCUT2D eigenvalue weighted by Crippen LogP contribution is 2.32. The van der Waals surface area contributed by atoms with Gasteiger partial charge in [0, 0.05) is 57.7 Å². The van der Waals surface area contributed by atoms with Gasteiger partial charge in [0.15, 0.2) is 0 Å². The van der Waals surface area contributed by atoms with Crippen molar-refractivity contribution >= 4 is 11.9 Å². The molecule has 1 aromatic heterocycles. The normalized spacial score (nSPS) is 20.2. The second-order valence-corrected chi connectivity index (χ2v) is 9.09. The third-order valence-corrected chi connectivity index (χ3v) is 6.73. The van der Waals surface area contributed by atoms with Crippen LogP contribution < -0.4 is 15.8 Å². The van der Waals surface area contributed by atoms with Gasteiger partial charge in [-0.15, -0.1) is 0 Å². The quantitative estimate of drug-likeness (QED) is 0.581. The predicted octanol–water partition coefficient (Wildman–Crippen LogP) is 2.97. The predicted molar refractivity (Wildman–Crippen MR) is 124 cm³/mol. The molecule has 1 fully saturated rings. The zero-order valence-electron chi connectivity index (χ0n) is 19.9. The number of halogens is 6. The Bertz CT molecular complexity index is 1250. The van der Waals surface area contributed by atoms with Gasteiger partial charge in [-0.2, -0.15) is 26.3 Å². The first-order chi connectivity index (χ1) is 18.0. The Morgan fingerprint density at radius 2 is 1.58 bits per heavy atom. The third kappa shape index (κ3) is 5.20. The lowest BCUT2D eigenvalue weighted by Gasteiger charge is -2.43. The highest BCUT2D eigenvalue weighted by Gasteiger charge is 2.39. The lowest BCUT2D eigenvalue weighted by Crippen LogP contribution is -2.58. The molecule has 202 valence electrons. The Balaban J connectivity index is 1.33. The lowest BCUT2D eigenvalue weighted by molar-refractivity contribution is -0.138. The van der Waals surface area contributed by atoms with E-state index in [9.17, 15) is 31.1 Å². The summed E-state index contributed by atoms with van der Waals surface area (Å²) in [5.41, 5.74) is 5.20. The summed E-state index contributed by atoms with van der Waals surface area (Å²) >= 11 is 0. The number of carbonyl (C=O) groups excluding carboxylic acids is 1. The fraction of sp³-hybridized carbons (Fsp3) is 0.375. The molecule has 4 heterocycles. The number of fused-ring (bicyclic) bond motifs is 1. The first-order valence-electron chi connectivity index (χ1n) is 11.8. The Hall–Kier alpha value is -3.97. The van der Waals surface area contributed by atoms with Gasteiger partial charge < -0.3 is 20.1 Å². The largest absolute Gasteiger partial charge is 0.419 e. The second-order valence-electron chi connectivity index (χ2n) is 9.09. The topological polar surface area (TPSA) is 76.6 Å². The van der Waals surface area contributed by atoms with Crippen molar-refractivity contribution in [1.29, 1.82) is 0 Å². The second kappa shape index (κ2) is 9.72. The molecule has 1 atom stereocenters. The number of amides is 1. The summed E-state index contributed by atoms with van der Waals surface area (Å²) < 4.78 is 78.6. The first-order valence-corrected chi connectivity index (χ1v) is 11.8. The van der Waals surface area contributed by atoms with E-state index in [1.165, 1.54) is 0 Å². The van der Waals surface area contributed by atoms with Gasteiger partial charge in [0.25, 0.3) is 0 Å². The summed E-state index contributed by atoms with van der Waals surface area (Å²) in [7, 11) is 0. The molecule has 8 nitrogen and oxygen atoms in total. The van der Waals surface area contributed by atoms with E-state index in [1.807, 2.05) is 24.3 Å². The van der Waals surface area contributed by atoms with E-state index < -0.39 is 29.5 Å². The van der Waals surface area contributed by atoms with Crippen LogP contribution in [0.15, 0.2) is 60.3 Å². The number of hydrogen-bond donors (Lipinski definition) is 2. The number of hydrogen-bond acceptors (Lipinski definition) is 7. The zero-order chi connectivity index (χ0) is 27.1. The maximum absolute atomic E-state index is 13.7. The number of benzene rings is 1. The van der Waals surface area contributed by atoms with Crippen LogP contribution in [0.1, 0.15) is 16.7 Å². The standard InChI is InChI=1S/C24H23F6N7O/c25-23(26,27)17-10-20(34-33-13-17)37-14-16-4-2-1-3-15(16)9-19(37)21(38)35-5-7-36(8-6-35)22-31-11-18(12-32-22)24(28,29)30/h1-4,10-13,19,33-34H,5-9,14H2/t19-/m0/s1. The van der Waals surface area contributed by atoms with Gasteiger partial charge in [-0.25, -0.2) is 9.97 Å². The van der Waals surface area contributed by atoms with Crippen molar-refractivity contribution in [2.45, 2.75) is 31.4 Å². The minimum absolute atomic E-state index is 0.129. The van der Waals surface area contributed by atoms with Crippen molar-refractivity contribution in [3.05, 3.63) is 77.0 Å². The van der Waals surface area contributed by atoms with Crippen LogP contribution in [0, 0.1) is 0 Å². The fourth-order valence-electron chi connectivity index (χ4n) is 4.70. The molecule has 1 saturated heterocycles. The van der Waals surface area contributed by atoms with Crippen LogP contribution in [0.4, 0.5) is 32.3 Å². The Labute approximate surface area is 213 Å². The van der Waals surface area contributed by atoms with Gasteiger partial charge in [0.05, 0.1) is 11.1 Å². The summed E-state index contributed by atoms with van der Waals surface area (Å²) in [5, 5.41) is 0. The van der Waals surface area contributed by atoms with Gasteiger partial charge in [-0.1, -0.05) is 24.3 Å². The van der Waals surface area contributed by atoms with Gasteiger partial charge in [-0.05, 0) is 17.2 Å². The number of piperazine rings is 1. The highest BCUT2D eigenvalue weighted by atomic mass is 19.4. The van der Waals surface area contributed by atoms with Crippen LogP contribution in [0.3, 0.4) is 0 Å². The monoisotopic (exact) mass is 539 g/mol. The van der Waals surface area contributed by atoms with Crippen molar-refractivity contribution in [2.75, 3.05) is 31.1 Å². The van der Waals surface area contributed by atoms with Gasteiger partial charge >= 0.3 is 12.4 Å². The van der Waals surface area contributed by atoms with Crippen molar-refractivity contribution in [2.24, 2.45) is 0 Å². The average Bonchev–Trinajstić information content (AvgIpc) is 2.91. The summed E-state index contributed by atoms with van der Waals surface area (Å²) in [6.07, 6.45) is -5.56. The van der Waals surface area contributed by atoms with Gasteiger partial charge in [0.2, 0.25) is 11.9 Å². The van der Waals surface area contributed by atoms with E-state index in [1.54, 1.807) is 14.7 Å². The number of carbonyl (C=O) groups is 1. The molecule has 1 amide bonds. The van der Waals surface area contributed by atoms with Crippen LogP contribution >= 0.6 is 0 Å². The molecule has 0 radical (unpaired) electrons. The van der Waals surface area contributed by atoms with Crippen LogP contribution in [0.25, 0.3) is 0 Å². The fourth-order valence-corrected chi connectivity index (χ4v) is 4.70. The van der Waals surface area contributed by atoms with Crippen molar-refractivity contribution in [3.63, 3.8) is 0 Å². The summed E-state index contributed by atoms with van der Waals surface area (Å²) in [4.78, 5) is 26.3. The number of rotatable bonds is 3. The minimum atomic E-state index is -4.57. The molecule has 0 unspecified atom stereocenters. The number of allylic oxidation sites excluding steroid dienone is 2. The number of anilines is 1. The number of hydrazine groups is 1. The van der Waals surface area contributed by atoms with Crippen LogP contribution in [0.5, 0.6) is 0 Å². The average molecular weight is 539 g/mol. The molecule has 3 aliphatic rings. The molecule has 0 saturated carbocycles. The summed E-state index contributed by atoms with van der Waals surface area (Å²) in [5.74, 6) is 0.00944. The molecule has 3 aliphatic heterocycles. The van der Waals surface area contributed by atoms with Crippen molar-refractivity contribution < 1.29 is 31.1 Å². The lowest BCUT2D eigenvalue weighted by atomic mass is 9.92. The Morgan fingerprint density at radius 3 is 2.21 bits per heavy atom. The molecule has 38 heavy (non-hydrogen) atoms. The SMILES string of the molecule is O=C([C@@H]1Cc2ccccc2CN1C1=CC(C(F)(F)F)=CNN1)N1CCN(c2ncc(C(F)(F)F)cn2)CC1. The number of aromatic nitrogens is 2.